The summed E-state index contributed by atoms with van der Waals surface area (Å²) < 4.78 is 123. The van der Waals surface area contributed by atoms with Crippen molar-refractivity contribution in [1.29, 1.82) is 0 Å². The van der Waals surface area contributed by atoms with Crippen LogP contribution in [0.4, 0.5) is 0 Å². The van der Waals surface area contributed by atoms with Crippen molar-refractivity contribution < 1.29 is 19.2 Å². The van der Waals surface area contributed by atoms with Gasteiger partial charge < -0.3 is 9.13 Å². The van der Waals surface area contributed by atoms with E-state index in [0.29, 0.717) is 32.9 Å². The summed E-state index contributed by atoms with van der Waals surface area (Å²) in [5.41, 5.74) is 2.23. The minimum absolute atomic E-state index is 0.0448. The Balaban J connectivity index is 1.47. The minimum atomic E-state index is -0.479. The van der Waals surface area contributed by atoms with Crippen LogP contribution in [0, 0.1) is 0 Å². The number of aromatic nitrogens is 2. The first-order valence-electron chi connectivity index (χ1n) is 18.9. The van der Waals surface area contributed by atoms with Crippen molar-refractivity contribution in [2.75, 3.05) is 0 Å². The largest absolute Gasteiger partial charge is 0.309 e. The Morgan fingerprint density at radius 1 is 0.395 bits per heavy atom. The number of para-hydroxylation sites is 4. The molecule has 0 aliphatic heterocycles. The van der Waals surface area contributed by atoms with Crippen LogP contribution in [0.25, 0.3) is 66.1 Å². The van der Waals surface area contributed by atoms with Crippen LogP contribution in [0.2, 0.25) is 0 Å². The van der Waals surface area contributed by atoms with Gasteiger partial charge in [-0.2, -0.15) is 0 Å². The lowest BCUT2D eigenvalue weighted by molar-refractivity contribution is 1.18. The van der Waals surface area contributed by atoms with Gasteiger partial charge in [-0.3, -0.25) is 0 Å². The topological polar surface area (TPSA) is 9.86 Å². The Labute approximate surface area is 240 Å². The molecular weight excluding hydrogens is 460 g/mol. The number of fused-ring (bicyclic) bond motifs is 6. The average Bonchev–Trinajstić information content (AvgIpc) is 3.60. The predicted molar refractivity (Wildman–Crippen MR) is 161 cm³/mol. The summed E-state index contributed by atoms with van der Waals surface area (Å²) in [7, 11) is 0. The van der Waals surface area contributed by atoms with E-state index >= 15 is 0 Å². The van der Waals surface area contributed by atoms with Gasteiger partial charge in [-0.15, -0.1) is 0 Å². The Morgan fingerprint density at radius 2 is 0.816 bits per heavy atom. The zero-order chi connectivity index (χ0) is 37.2. The zero-order valence-corrected chi connectivity index (χ0v) is 19.7. The molecule has 0 fully saturated rings. The molecule has 0 aliphatic carbocycles. The first-order chi connectivity index (χ1) is 24.6. The molecule has 0 N–H and O–H groups in total. The number of rotatable bonds is 3. The molecule has 2 heteroatoms. The third-order valence-electron chi connectivity index (χ3n) is 6.75. The molecule has 0 atom stereocenters. The van der Waals surface area contributed by atoms with Crippen LogP contribution in [0.3, 0.4) is 0 Å². The fraction of sp³-hybridized carbons (Fsp3) is 0. The highest BCUT2D eigenvalue weighted by Crippen LogP contribution is 2.38. The van der Waals surface area contributed by atoms with E-state index in [1.165, 1.54) is 33.4 Å². The third kappa shape index (κ3) is 3.07. The summed E-state index contributed by atoms with van der Waals surface area (Å²) >= 11 is 0. The molecule has 38 heavy (non-hydrogen) atoms. The summed E-state index contributed by atoms with van der Waals surface area (Å²) in [6, 6.07) is 11.4. The fourth-order valence-electron chi connectivity index (χ4n) is 5.13. The molecule has 8 aromatic rings. The lowest BCUT2D eigenvalue weighted by atomic mass is 10.0. The monoisotopic (exact) mass is 498 g/mol. The molecule has 0 bridgehead atoms. The first kappa shape index (κ1) is 11.5. The van der Waals surface area contributed by atoms with Crippen LogP contribution >= 0.6 is 0 Å². The van der Waals surface area contributed by atoms with Crippen LogP contribution in [0.1, 0.15) is 19.2 Å². The SMILES string of the molecule is [2H]c1cc([2H])c(-n2c3ccc(-c4ccc5c(c4)c4c([2H])c([2H])c([2H])c([2H])c4n5-c4c([2H])cc([2H])cc4[2H])cc3c3c([2H])c([2H])c([2H])c([2H])c32)c([2H])c1. The molecule has 2 heterocycles. The molecule has 0 saturated carbocycles. The van der Waals surface area contributed by atoms with Gasteiger partial charge in [-0.25, -0.2) is 0 Å². The van der Waals surface area contributed by atoms with Gasteiger partial charge in [0.05, 0.1) is 41.3 Å². The first-order valence-corrected chi connectivity index (χ1v) is 11.9. The van der Waals surface area contributed by atoms with Crippen LogP contribution in [-0.2, 0) is 0 Å². The predicted octanol–water partition coefficient (Wildman–Crippen LogP) is 9.55. The zero-order valence-electron chi connectivity index (χ0n) is 33.7. The van der Waals surface area contributed by atoms with Crippen molar-refractivity contribution in [3.63, 3.8) is 0 Å². The summed E-state index contributed by atoms with van der Waals surface area (Å²) in [5, 5.41) is 1.16. The summed E-state index contributed by atoms with van der Waals surface area (Å²) in [5.74, 6) is 0. The lowest BCUT2D eigenvalue weighted by Crippen LogP contribution is -1.93. The maximum Gasteiger partial charge on any atom is 0.0645 e. The van der Waals surface area contributed by atoms with Gasteiger partial charge >= 0.3 is 0 Å². The van der Waals surface area contributed by atoms with Gasteiger partial charge in [-0.05, 0) is 71.6 Å². The van der Waals surface area contributed by atoms with Crippen LogP contribution < -0.4 is 0 Å². The van der Waals surface area contributed by atoms with Crippen LogP contribution in [-0.4, -0.2) is 9.13 Å². The average molecular weight is 499 g/mol. The summed E-state index contributed by atoms with van der Waals surface area (Å²) in [6.45, 7) is 0. The Bertz CT molecular complexity index is 2660. The highest BCUT2D eigenvalue weighted by Gasteiger charge is 2.15. The lowest BCUT2D eigenvalue weighted by Gasteiger charge is -2.09. The molecule has 2 aromatic heterocycles. The Morgan fingerprint density at radius 3 is 1.26 bits per heavy atom. The summed E-state index contributed by atoms with van der Waals surface area (Å²) in [6.07, 6.45) is 0. The maximum absolute atomic E-state index is 8.87. The normalized spacial score (nSPS) is 16.8. The molecule has 0 unspecified atom stereocenters. The van der Waals surface area contributed by atoms with E-state index in [9.17, 15) is 0 Å². The van der Waals surface area contributed by atoms with Gasteiger partial charge in [0.25, 0.3) is 0 Å². The van der Waals surface area contributed by atoms with E-state index in [4.69, 9.17) is 19.2 Å². The van der Waals surface area contributed by atoms with E-state index in [-0.39, 0.29) is 93.6 Å². The van der Waals surface area contributed by atoms with Crippen molar-refractivity contribution >= 4 is 43.6 Å². The number of hydrogen-bond donors (Lipinski definition) is 0. The number of nitrogens with zero attached hydrogens (tertiary/aromatic N) is 2. The molecule has 0 aliphatic rings. The molecule has 0 saturated heterocycles. The van der Waals surface area contributed by atoms with Gasteiger partial charge in [-0.1, -0.05) is 84.7 Å². The molecule has 6 aromatic carbocycles. The van der Waals surface area contributed by atoms with E-state index in [1.54, 1.807) is 36.4 Å². The second-order valence-corrected chi connectivity index (χ2v) is 8.77. The highest BCUT2D eigenvalue weighted by molar-refractivity contribution is 6.12. The highest BCUT2D eigenvalue weighted by atomic mass is 15.0. The van der Waals surface area contributed by atoms with Gasteiger partial charge in [0.15, 0.2) is 0 Å². The number of benzene rings is 6. The van der Waals surface area contributed by atoms with E-state index in [1.807, 2.05) is 0 Å². The molecule has 178 valence electrons. The molecule has 8 rings (SSSR count). The van der Waals surface area contributed by atoms with E-state index in [0.717, 1.165) is 0 Å². The summed E-state index contributed by atoms with van der Waals surface area (Å²) in [4.78, 5) is 0. The molecule has 0 radical (unpaired) electrons. The fourth-order valence-corrected chi connectivity index (χ4v) is 5.13. The van der Waals surface area contributed by atoms with Crippen LogP contribution in [0.15, 0.2) is 145 Å². The third-order valence-corrected chi connectivity index (χ3v) is 6.75. The quantitative estimate of drug-likeness (QED) is 0.229. The van der Waals surface area contributed by atoms with Gasteiger partial charge in [0, 0.05) is 32.9 Å². The maximum atomic E-state index is 8.87. The standard InChI is InChI=1S/C36H24N2/c1-3-11-27(12-4-1)37-33-17-9-7-15-29(33)31-23-25(19-21-35(31)37)26-20-22-36-32(24-26)30-16-8-10-18-34(30)38(36)28-13-5-2-6-14-28/h1-24H/i1D,2D,7D,8D,9D,10D,11D,12D,13D,14D,15D,16D,17D,18D. The van der Waals surface area contributed by atoms with Crippen molar-refractivity contribution in [3.05, 3.63) is 145 Å². The number of hydrogen-bond acceptors (Lipinski definition) is 0. The van der Waals surface area contributed by atoms with Crippen molar-refractivity contribution in [2.24, 2.45) is 0 Å². The molecule has 2 nitrogen and oxygen atoms in total. The Kier molecular flexibility index (Phi) is 2.50. The molecule has 0 spiro atoms. The van der Waals surface area contributed by atoms with Crippen molar-refractivity contribution in [2.45, 2.75) is 0 Å². The van der Waals surface area contributed by atoms with Crippen molar-refractivity contribution in [3.8, 4) is 22.5 Å². The van der Waals surface area contributed by atoms with Crippen molar-refractivity contribution in [1.82, 2.24) is 9.13 Å². The van der Waals surface area contributed by atoms with E-state index in [2.05, 4.69) is 0 Å². The smallest absolute Gasteiger partial charge is 0.0645 e. The molecule has 0 amide bonds. The van der Waals surface area contributed by atoms with Crippen LogP contribution in [0.5, 0.6) is 0 Å². The minimum Gasteiger partial charge on any atom is -0.309 e. The Hall–Kier alpha value is -5.08. The van der Waals surface area contributed by atoms with E-state index < -0.39 is 24.2 Å². The molecular formula is C36H24N2. The van der Waals surface area contributed by atoms with Gasteiger partial charge in [0.1, 0.15) is 0 Å². The second kappa shape index (κ2) is 8.22. The second-order valence-electron chi connectivity index (χ2n) is 8.77. The van der Waals surface area contributed by atoms with Gasteiger partial charge in [0.2, 0.25) is 0 Å².